The molecule has 0 amide bonds. The van der Waals surface area contributed by atoms with Crippen molar-refractivity contribution >= 4 is 27.2 Å². The minimum atomic E-state index is 0.00939. The molecule has 0 aliphatic rings. The van der Waals surface area contributed by atoms with E-state index in [1.54, 1.807) is 12.1 Å². The summed E-state index contributed by atoms with van der Waals surface area (Å²) in [4.78, 5) is 13.7. The van der Waals surface area contributed by atoms with Crippen molar-refractivity contribution in [2.45, 2.75) is 0 Å². The third-order valence-corrected chi connectivity index (χ3v) is 5.15. The Labute approximate surface area is 143 Å². The van der Waals surface area contributed by atoms with Crippen molar-refractivity contribution < 1.29 is 9.90 Å². The Kier molecular flexibility index (Phi) is 3.63. The smallest absolute Gasteiger partial charge is 0.203 e. The number of phenolic OH excluding ortho intramolecular Hbond substituents is 1. The van der Waals surface area contributed by atoms with Crippen molar-refractivity contribution in [2.24, 2.45) is 0 Å². The maximum atomic E-state index is 13.0. The van der Waals surface area contributed by atoms with Gasteiger partial charge in [0.05, 0.1) is 4.88 Å². The normalized spacial score (nSPS) is 10.8. The molecule has 0 unspecified atom stereocenters. The van der Waals surface area contributed by atoms with Gasteiger partial charge in [-0.05, 0) is 23.8 Å². The van der Waals surface area contributed by atoms with Crippen LogP contribution >= 0.6 is 11.3 Å². The average Bonchev–Trinajstić information content (AvgIpc) is 3.01. The zero-order valence-corrected chi connectivity index (χ0v) is 13.6. The molecule has 0 aliphatic heterocycles. The largest absolute Gasteiger partial charge is 0.508 e. The van der Waals surface area contributed by atoms with Gasteiger partial charge in [0.25, 0.3) is 0 Å². The Morgan fingerprint density at radius 1 is 0.833 bits per heavy atom. The van der Waals surface area contributed by atoms with Crippen molar-refractivity contribution in [3.05, 3.63) is 89.3 Å². The number of rotatable bonds is 3. The summed E-state index contributed by atoms with van der Waals surface area (Å²) < 4.78 is 0.992. The Balaban J connectivity index is 2.00. The van der Waals surface area contributed by atoms with Crippen LogP contribution < -0.4 is 0 Å². The molecule has 0 bridgehead atoms. The standard InChI is InChI=1S/C21H14O2S/c22-16-11-12-18-17(13-16)19(14-7-3-1-4-8-14)21(24-18)20(23)15-9-5-2-6-10-15/h1-13,22H. The summed E-state index contributed by atoms with van der Waals surface area (Å²) in [5.41, 5.74) is 2.54. The van der Waals surface area contributed by atoms with Gasteiger partial charge in [-0.3, -0.25) is 4.79 Å². The van der Waals surface area contributed by atoms with E-state index in [1.165, 1.54) is 11.3 Å². The predicted molar refractivity (Wildman–Crippen MR) is 98.8 cm³/mol. The first kappa shape index (κ1) is 14.7. The molecule has 3 heteroatoms. The monoisotopic (exact) mass is 330 g/mol. The zero-order chi connectivity index (χ0) is 16.5. The lowest BCUT2D eigenvalue weighted by molar-refractivity contribution is 0.104. The van der Waals surface area contributed by atoms with Crippen LogP contribution in [0, 0.1) is 0 Å². The summed E-state index contributed by atoms with van der Waals surface area (Å²) in [6.45, 7) is 0. The van der Waals surface area contributed by atoms with Gasteiger partial charge >= 0.3 is 0 Å². The number of phenols is 1. The average molecular weight is 330 g/mol. The molecule has 0 saturated carbocycles. The summed E-state index contributed by atoms with van der Waals surface area (Å²) in [5, 5.41) is 10.8. The van der Waals surface area contributed by atoms with Crippen LogP contribution in [0.1, 0.15) is 15.2 Å². The van der Waals surface area contributed by atoms with Crippen molar-refractivity contribution in [3.63, 3.8) is 0 Å². The highest BCUT2D eigenvalue weighted by Crippen LogP contribution is 2.41. The van der Waals surface area contributed by atoms with Gasteiger partial charge in [-0.1, -0.05) is 60.7 Å². The quantitative estimate of drug-likeness (QED) is 0.503. The number of hydrogen-bond donors (Lipinski definition) is 1. The number of benzene rings is 3. The van der Waals surface area contributed by atoms with E-state index in [2.05, 4.69) is 0 Å². The Morgan fingerprint density at radius 3 is 2.21 bits per heavy atom. The van der Waals surface area contributed by atoms with Crippen molar-refractivity contribution in [1.82, 2.24) is 0 Å². The van der Waals surface area contributed by atoms with Gasteiger partial charge in [-0.25, -0.2) is 0 Å². The number of fused-ring (bicyclic) bond motifs is 1. The van der Waals surface area contributed by atoms with Gasteiger partial charge in [0, 0.05) is 21.2 Å². The summed E-state index contributed by atoms with van der Waals surface area (Å²) >= 11 is 1.47. The van der Waals surface area contributed by atoms with E-state index >= 15 is 0 Å². The Morgan fingerprint density at radius 2 is 1.50 bits per heavy atom. The fourth-order valence-corrected chi connectivity index (χ4v) is 4.02. The third-order valence-electron chi connectivity index (χ3n) is 3.98. The summed E-state index contributed by atoms with van der Waals surface area (Å²) in [7, 11) is 0. The molecule has 116 valence electrons. The molecule has 0 saturated heterocycles. The maximum absolute atomic E-state index is 13.0. The third kappa shape index (κ3) is 2.49. The van der Waals surface area contributed by atoms with E-state index in [4.69, 9.17) is 0 Å². The fraction of sp³-hybridized carbons (Fsp3) is 0. The number of aromatic hydroxyl groups is 1. The van der Waals surface area contributed by atoms with E-state index < -0.39 is 0 Å². The molecule has 3 aromatic carbocycles. The number of carbonyl (C=O) groups is 1. The van der Waals surface area contributed by atoms with Crippen LogP contribution in [0.2, 0.25) is 0 Å². The molecule has 1 heterocycles. The molecule has 2 nitrogen and oxygen atoms in total. The second-order valence-corrected chi connectivity index (χ2v) is 6.60. The number of ketones is 1. The van der Waals surface area contributed by atoms with Gasteiger partial charge in [-0.15, -0.1) is 11.3 Å². The van der Waals surface area contributed by atoms with Crippen LogP contribution in [0.15, 0.2) is 78.9 Å². The van der Waals surface area contributed by atoms with Crippen LogP contribution in [-0.4, -0.2) is 10.9 Å². The number of carbonyl (C=O) groups excluding carboxylic acids is 1. The first-order chi connectivity index (χ1) is 11.7. The van der Waals surface area contributed by atoms with E-state index in [0.29, 0.717) is 10.4 Å². The highest BCUT2D eigenvalue weighted by atomic mass is 32.1. The molecule has 4 rings (SSSR count). The minimum absolute atomic E-state index is 0.00939. The molecule has 1 aromatic heterocycles. The van der Waals surface area contributed by atoms with E-state index in [1.807, 2.05) is 66.7 Å². The summed E-state index contributed by atoms with van der Waals surface area (Å²) in [5.74, 6) is 0.214. The molecule has 1 N–H and O–H groups in total. The Hall–Kier alpha value is -2.91. The second-order valence-electron chi connectivity index (χ2n) is 5.55. The topological polar surface area (TPSA) is 37.3 Å². The number of hydrogen-bond acceptors (Lipinski definition) is 3. The highest BCUT2D eigenvalue weighted by Gasteiger charge is 2.21. The molecule has 0 spiro atoms. The van der Waals surface area contributed by atoms with Gasteiger partial charge in [-0.2, -0.15) is 0 Å². The van der Waals surface area contributed by atoms with Crippen LogP contribution in [0.25, 0.3) is 21.2 Å². The molecular weight excluding hydrogens is 316 g/mol. The van der Waals surface area contributed by atoms with Crippen molar-refractivity contribution in [3.8, 4) is 16.9 Å². The highest BCUT2D eigenvalue weighted by molar-refractivity contribution is 7.21. The zero-order valence-electron chi connectivity index (χ0n) is 12.8. The first-order valence-corrected chi connectivity index (χ1v) is 8.46. The first-order valence-electron chi connectivity index (χ1n) is 7.65. The molecule has 4 aromatic rings. The summed E-state index contributed by atoms with van der Waals surface area (Å²) in [6.07, 6.45) is 0. The van der Waals surface area contributed by atoms with Crippen molar-refractivity contribution in [2.75, 3.05) is 0 Å². The van der Waals surface area contributed by atoms with E-state index in [9.17, 15) is 9.90 Å². The molecule has 24 heavy (non-hydrogen) atoms. The van der Waals surface area contributed by atoms with Gasteiger partial charge in [0.1, 0.15) is 5.75 Å². The lowest BCUT2D eigenvalue weighted by Gasteiger charge is -2.05. The Bertz CT molecular complexity index is 1020. The number of thiophene rings is 1. The van der Waals surface area contributed by atoms with E-state index in [-0.39, 0.29) is 11.5 Å². The molecular formula is C21H14O2S. The van der Waals surface area contributed by atoms with Crippen LogP contribution in [0.3, 0.4) is 0 Å². The van der Waals surface area contributed by atoms with Crippen LogP contribution in [-0.2, 0) is 0 Å². The van der Waals surface area contributed by atoms with Crippen LogP contribution in [0.4, 0.5) is 0 Å². The fourth-order valence-electron chi connectivity index (χ4n) is 2.86. The van der Waals surface area contributed by atoms with Crippen LogP contribution in [0.5, 0.6) is 5.75 Å². The lowest BCUT2D eigenvalue weighted by Crippen LogP contribution is -2.00. The van der Waals surface area contributed by atoms with Gasteiger partial charge in [0.15, 0.2) is 0 Å². The molecule has 0 radical (unpaired) electrons. The lowest BCUT2D eigenvalue weighted by atomic mass is 9.98. The van der Waals surface area contributed by atoms with Gasteiger partial charge < -0.3 is 5.11 Å². The predicted octanol–water partition coefficient (Wildman–Crippen LogP) is 5.50. The molecule has 0 aliphatic carbocycles. The SMILES string of the molecule is O=C(c1ccccc1)c1sc2ccc(O)cc2c1-c1ccccc1. The van der Waals surface area contributed by atoms with E-state index in [0.717, 1.165) is 21.2 Å². The molecule has 0 atom stereocenters. The summed E-state index contributed by atoms with van der Waals surface area (Å²) in [6, 6.07) is 24.4. The van der Waals surface area contributed by atoms with Gasteiger partial charge in [0.2, 0.25) is 5.78 Å². The molecule has 0 fully saturated rings. The minimum Gasteiger partial charge on any atom is -0.508 e. The second kappa shape index (κ2) is 5.95. The maximum Gasteiger partial charge on any atom is 0.203 e. The van der Waals surface area contributed by atoms with Crippen molar-refractivity contribution in [1.29, 1.82) is 0 Å².